The molecule has 2 aromatic carbocycles. The van der Waals surface area contributed by atoms with Crippen molar-refractivity contribution in [2.45, 2.75) is 6.92 Å². The number of imide groups is 2. The zero-order chi connectivity index (χ0) is 24.4. The SMILES string of the molecule is CCOC(=O)c1ccc(-c2ccc(/C=C3\C(=O)NC(=O)N(c4cccc(Cl)c4Cl)C3=O)o2)cc1. The van der Waals surface area contributed by atoms with Crippen molar-refractivity contribution in [3.63, 3.8) is 0 Å². The van der Waals surface area contributed by atoms with Gasteiger partial charge in [0.05, 0.1) is 27.9 Å². The minimum Gasteiger partial charge on any atom is -0.462 e. The van der Waals surface area contributed by atoms with Crippen LogP contribution in [0, 0.1) is 0 Å². The van der Waals surface area contributed by atoms with Crippen LogP contribution in [0.3, 0.4) is 0 Å². The van der Waals surface area contributed by atoms with E-state index in [1.807, 2.05) is 0 Å². The molecule has 0 spiro atoms. The Morgan fingerprint density at radius 3 is 2.50 bits per heavy atom. The van der Waals surface area contributed by atoms with Crippen LogP contribution in [0.4, 0.5) is 10.5 Å². The van der Waals surface area contributed by atoms with Crippen LogP contribution in [-0.2, 0) is 14.3 Å². The molecule has 3 aromatic rings. The third-order valence-corrected chi connectivity index (χ3v) is 5.68. The van der Waals surface area contributed by atoms with Gasteiger partial charge in [0.15, 0.2) is 0 Å². The van der Waals surface area contributed by atoms with E-state index in [1.165, 1.54) is 24.3 Å². The fraction of sp³-hybridized carbons (Fsp3) is 0.0833. The van der Waals surface area contributed by atoms with Crippen molar-refractivity contribution in [1.82, 2.24) is 5.32 Å². The minimum absolute atomic E-state index is 0.00656. The Balaban J connectivity index is 1.62. The monoisotopic (exact) mass is 498 g/mol. The smallest absolute Gasteiger partial charge is 0.338 e. The second-order valence-electron chi connectivity index (χ2n) is 7.03. The summed E-state index contributed by atoms with van der Waals surface area (Å²) >= 11 is 12.2. The number of carbonyl (C=O) groups is 4. The number of halogens is 2. The summed E-state index contributed by atoms with van der Waals surface area (Å²) in [7, 11) is 0. The Hall–Kier alpha value is -3.88. The van der Waals surface area contributed by atoms with Gasteiger partial charge in [0.1, 0.15) is 17.1 Å². The fourth-order valence-corrected chi connectivity index (χ4v) is 3.63. The van der Waals surface area contributed by atoms with Gasteiger partial charge in [-0.05, 0) is 49.4 Å². The Kier molecular flexibility index (Phi) is 6.54. The van der Waals surface area contributed by atoms with E-state index in [-0.39, 0.29) is 33.7 Å². The molecule has 8 nitrogen and oxygen atoms in total. The van der Waals surface area contributed by atoms with Crippen LogP contribution in [0.25, 0.3) is 17.4 Å². The lowest BCUT2D eigenvalue weighted by Crippen LogP contribution is -2.54. The van der Waals surface area contributed by atoms with Crippen molar-refractivity contribution in [2.75, 3.05) is 11.5 Å². The van der Waals surface area contributed by atoms with Crippen molar-refractivity contribution in [1.29, 1.82) is 0 Å². The maximum Gasteiger partial charge on any atom is 0.338 e. The average Bonchev–Trinajstić information content (AvgIpc) is 3.28. The molecule has 1 aliphatic heterocycles. The molecule has 1 N–H and O–H groups in total. The molecule has 1 saturated heterocycles. The molecule has 0 atom stereocenters. The van der Waals surface area contributed by atoms with Gasteiger partial charge in [-0.3, -0.25) is 14.9 Å². The van der Waals surface area contributed by atoms with E-state index >= 15 is 0 Å². The molecule has 2 heterocycles. The molecule has 0 saturated carbocycles. The molecule has 1 aliphatic rings. The molecule has 0 aliphatic carbocycles. The van der Waals surface area contributed by atoms with Gasteiger partial charge in [0, 0.05) is 5.56 Å². The Morgan fingerprint density at radius 1 is 1.06 bits per heavy atom. The number of hydrogen-bond donors (Lipinski definition) is 1. The summed E-state index contributed by atoms with van der Waals surface area (Å²) in [6.07, 6.45) is 1.23. The first kappa shape index (κ1) is 23.3. The van der Waals surface area contributed by atoms with Gasteiger partial charge < -0.3 is 9.15 Å². The van der Waals surface area contributed by atoms with Crippen molar-refractivity contribution in [3.8, 4) is 11.3 Å². The summed E-state index contributed by atoms with van der Waals surface area (Å²) in [6.45, 7) is 2.00. The predicted molar refractivity (Wildman–Crippen MR) is 126 cm³/mol. The number of rotatable bonds is 5. The highest BCUT2D eigenvalue weighted by atomic mass is 35.5. The first-order chi connectivity index (χ1) is 16.3. The first-order valence-electron chi connectivity index (χ1n) is 10.0. The van der Waals surface area contributed by atoms with Crippen LogP contribution in [0.1, 0.15) is 23.0 Å². The number of amides is 4. The molecular weight excluding hydrogens is 483 g/mol. The van der Waals surface area contributed by atoms with Gasteiger partial charge in [-0.1, -0.05) is 41.4 Å². The van der Waals surface area contributed by atoms with Crippen LogP contribution in [-0.4, -0.2) is 30.4 Å². The van der Waals surface area contributed by atoms with Gasteiger partial charge in [-0.15, -0.1) is 0 Å². The van der Waals surface area contributed by atoms with E-state index in [1.54, 1.807) is 43.3 Å². The van der Waals surface area contributed by atoms with Gasteiger partial charge in [-0.25, -0.2) is 14.5 Å². The highest BCUT2D eigenvalue weighted by molar-refractivity contribution is 6.46. The van der Waals surface area contributed by atoms with Crippen LogP contribution in [0.5, 0.6) is 0 Å². The van der Waals surface area contributed by atoms with Gasteiger partial charge in [0.2, 0.25) is 0 Å². The molecule has 0 unspecified atom stereocenters. The average molecular weight is 499 g/mol. The lowest BCUT2D eigenvalue weighted by molar-refractivity contribution is -0.122. The Labute approximate surface area is 203 Å². The summed E-state index contributed by atoms with van der Waals surface area (Å²) in [5.74, 6) is -1.54. The summed E-state index contributed by atoms with van der Waals surface area (Å²) in [5, 5.41) is 2.25. The molecule has 4 amide bonds. The summed E-state index contributed by atoms with van der Waals surface area (Å²) in [4.78, 5) is 50.3. The topological polar surface area (TPSA) is 106 Å². The highest BCUT2D eigenvalue weighted by Gasteiger charge is 2.38. The van der Waals surface area contributed by atoms with Crippen LogP contribution in [0.2, 0.25) is 10.0 Å². The van der Waals surface area contributed by atoms with Gasteiger partial charge in [-0.2, -0.15) is 0 Å². The third-order valence-electron chi connectivity index (χ3n) is 4.87. The maximum atomic E-state index is 13.0. The molecule has 10 heteroatoms. The Bertz CT molecular complexity index is 1340. The van der Waals surface area contributed by atoms with Crippen molar-refractivity contribution < 1.29 is 28.3 Å². The van der Waals surface area contributed by atoms with Crippen LogP contribution < -0.4 is 10.2 Å². The van der Waals surface area contributed by atoms with Crippen molar-refractivity contribution in [3.05, 3.63) is 81.5 Å². The standard InChI is InChI=1S/C24H16Cl2N2O6/c1-2-33-23(31)14-8-6-13(7-9-14)19-11-10-15(34-19)12-16-21(29)27-24(32)28(22(16)30)18-5-3-4-17(25)20(18)26/h3-12H,2H2,1H3,(H,27,29,32)/b16-12+. The van der Waals surface area contributed by atoms with Crippen molar-refractivity contribution in [2.24, 2.45) is 0 Å². The van der Waals surface area contributed by atoms with E-state index in [2.05, 4.69) is 5.32 Å². The van der Waals surface area contributed by atoms with Crippen LogP contribution in [0.15, 0.2) is 64.6 Å². The molecule has 4 rings (SSSR count). The molecule has 1 aromatic heterocycles. The highest BCUT2D eigenvalue weighted by Crippen LogP contribution is 2.34. The van der Waals surface area contributed by atoms with E-state index in [4.69, 9.17) is 32.4 Å². The number of furan rings is 1. The van der Waals surface area contributed by atoms with E-state index in [0.29, 0.717) is 16.9 Å². The number of ether oxygens (including phenoxy) is 1. The maximum absolute atomic E-state index is 13.0. The fourth-order valence-electron chi connectivity index (χ4n) is 3.25. The number of carbonyl (C=O) groups excluding carboxylic acids is 4. The summed E-state index contributed by atoms with van der Waals surface area (Å²) in [6, 6.07) is 13.3. The normalized spacial score (nSPS) is 15.0. The predicted octanol–water partition coefficient (Wildman–Crippen LogP) is 5.10. The molecule has 172 valence electrons. The number of nitrogens with one attached hydrogen (secondary N) is 1. The van der Waals surface area contributed by atoms with Crippen molar-refractivity contribution >= 4 is 58.8 Å². The van der Waals surface area contributed by atoms with Gasteiger partial charge >= 0.3 is 12.0 Å². The zero-order valence-electron chi connectivity index (χ0n) is 17.6. The number of nitrogens with zero attached hydrogens (tertiary/aromatic N) is 1. The zero-order valence-corrected chi connectivity index (χ0v) is 19.1. The molecule has 34 heavy (non-hydrogen) atoms. The number of barbiturate groups is 1. The van der Waals surface area contributed by atoms with Gasteiger partial charge in [0.25, 0.3) is 11.8 Å². The van der Waals surface area contributed by atoms with E-state index in [9.17, 15) is 19.2 Å². The number of urea groups is 1. The first-order valence-corrected chi connectivity index (χ1v) is 10.8. The number of esters is 1. The number of hydrogen-bond acceptors (Lipinski definition) is 6. The molecule has 1 fully saturated rings. The van der Waals surface area contributed by atoms with Crippen LogP contribution >= 0.6 is 23.2 Å². The largest absolute Gasteiger partial charge is 0.462 e. The second kappa shape index (κ2) is 9.54. The Morgan fingerprint density at radius 2 is 1.79 bits per heavy atom. The number of anilines is 1. The molecule has 0 radical (unpaired) electrons. The number of benzene rings is 2. The second-order valence-corrected chi connectivity index (χ2v) is 7.82. The lowest BCUT2D eigenvalue weighted by Gasteiger charge is -2.27. The summed E-state index contributed by atoms with van der Waals surface area (Å²) < 4.78 is 10.7. The summed E-state index contributed by atoms with van der Waals surface area (Å²) in [5.41, 5.74) is 0.777. The quantitative estimate of drug-likeness (QED) is 0.298. The molecule has 0 bridgehead atoms. The third kappa shape index (κ3) is 4.46. The van der Waals surface area contributed by atoms with E-state index < -0.39 is 23.8 Å². The molecular formula is C24H16Cl2N2O6. The minimum atomic E-state index is -0.946. The van der Waals surface area contributed by atoms with E-state index in [0.717, 1.165) is 4.90 Å². The lowest BCUT2D eigenvalue weighted by atomic mass is 10.1.